The number of aromatic nitrogens is 2. The number of hydrogen-bond donors (Lipinski definition) is 0. The molecule has 2 atom stereocenters. The maximum Gasteiger partial charge on any atom is 0.471 e. The summed E-state index contributed by atoms with van der Waals surface area (Å²) >= 11 is 0. The highest BCUT2D eigenvalue weighted by atomic mass is 32.2. The van der Waals surface area contributed by atoms with Gasteiger partial charge in [-0.25, -0.2) is 8.42 Å². The van der Waals surface area contributed by atoms with Crippen LogP contribution in [-0.2, 0) is 27.8 Å². The minimum Gasteiger partial charge on any atom is -0.486 e. The number of halogens is 3. The molecule has 3 aliphatic rings. The summed E-state index contributed by atoms with van der Waals surface area (Å²) < 4.78 is 73.3. The van der Waals surface area contributed by atoms with E-state index in [0.29, 0.717) is 30.7 Å². The SMILES string of the molecule is CC1(C)Cc2cc(S(C)(=O)=O)cc(C(=O)N3CC4CC4(c4noc(C(F)(F)F)n4)C3)c2O1. The number of rotatable bonds is 3. The maximum absolute atomic E-state index is 13.4. The van der Waals surface area contributed by atoms with Gasteiger partial charge < -0.3 is 14.2 Å². The van der Waals surface area contributed by atoms with Crippen LogP contribution in [0.5, 0.6) is 5.75 Å². The predicted molar refractivity (Wildman–Crippen MR) is 103 cm³/mol. The molecule has 0 N–H and O–H groups in total. The van der Waals surface area contributed by atoms with Gasteiger partial charge in [0, 0.05) is 31.3 Å². The molecular formula is C20H20F3N3O5S. The number of alkyl halides is 3. The molecule has 32 heavy (non-hydrogen) atoms. The van der Waals surface area contributed by atoms with Gasteiger partial charge in [-0.15, -0.1) is 0 Å². The van der Waals surface area contributed by atoms with Gasteiger partial charge in [-0.05, 0) is 38.3 Å². The summed E-state index contributed by atoms with van der Waals surface area (Å²) in [6.07, 6.45) is -2.67. The molecule has 0 spiro atoms. The monoisotopic (exact) mass is 471 g/mol. The van der Waals surface area contributed by atoms with Crippen molar-refractivity contribution in [2.75, 3.05) is 19.3 Å². The van der Waals surface area contributed by atoms with Gasteiger partial charge in [-0.2, -0.15) is 18.2 Å². The van der Waals surface area contributed by atoms with E-state index in [-0.39, 0.29) is 28.7 Å². The summed E-state index contributed by atoms with van der Waals surface area (Å²) in [7, 11) is -3.57. The minimum absolute atomic E-state index is 0.0213. The number of fused-ring (bicyclic) bond motifs is 2. The van der Waals surface area contributed by atoms with E-state index < -0.39 is 38.8 Å². The lowest BCUT2D eigenvalue weighted by Crippen LogP contribution is -2.34. The number of carbonyl (C=O) groups excluding carboxylic acids is 1. The number of amides is 1. The van der Waals surface area contributed by atoms with Gasteiger partial charge in [-0.3, -0.25) is 4.79 Å². The van der Waals surface area contributed by atoms with Crippen molar-refractivity contribution in [1.29, 1.82) is 0 Å². The maximum atomic E-state index is 13.4. The van der Waals surface area contributed by atoms with Gasteiger partial charge in [0.15, 0.2) is 15.7 Å². The summed E-state index contributed by atoms with van der Waals surface area (Å²) in [4.78, 5) is 18.4. The third-order valence-electron chi connectivity index (χ3n) is 6.34. The van der Waals surface area contributed by atoms with E-state index in [0.717, 1.165) is 6.26 Å². The first-order valence-corrected chi connectivity index (χ1v) is 11.9. The fourth-order valence-corrected chi connectivity index (χ4v) is 5.44. The molecular weight excluding hydrogens is 451 g/mol. The van der Waals surface area contributed by atoms with E-state index in [9.17, 15) is 26.4 Å². The molecule has 2 aromatic rings. The molecule has 0 bridgehead atoms. The molecule has 0 radical (unpaired) electrons. The second kappa shape index (κ2) is 6.24. The van der Waals surface area contributed by atoms with Gasteiger partial charge in [0.25, 0.3) is 5.91 Å². The summed E-state index contributed by atoms with van der Waals surface area (Å²) in [5, 5.41) is 3.52. The summed E-state index contributed by atoms with van der Waals surface area (Å²) in [5.74, 6) is -1.64. The van der Waals surface area contributed by atoms with Crippen LogP contribution in [0.4, 0.5) is 13.2 Å². The average molecular weight is 471 g/mol. The van der Waals surface area contributed by atoms with Crippen molar-refractivity contribution < 1.29 is 35.6 Å². The Bertz CT molecular complexity index is 1250. The van der Waals surface area contributed by atoms with Gasteiger partial charge in [0.2, 0.25) is 0 Å². The van der Waals surface area contributed by atoms with Gasteiger partial charge in [0.05, 0.1) is 15.9 Å². The molecule has 2 unspecified atom stereocenters. The topological polar surface area (TPSA) is 103 Å². The van der Waals surface area contributed by atoms with E-state index in [1.165, 1.54) is 17.0 Å². The largest absolute Gasteiger partial charge is 0.486 e. The number of benzene rings is 1. The number of carbonyl (C=O) groups is 1. The molecule has 8 nitrogen and oxygen atoms in total. The lowest BCUT2D eigenvalue weighted by molar-refractivity contribution is -0.159. The standard InChI is InChI=1S/C20H20F3N3O5S/c1-18(2)6-10-4-12(32(3,28)29)5-13(14(10)30-18)15(27)26-8-11-7-19(11,9-26)16-24-17(31-25-16)20(21,22)23/h4-5,11H,6-9H2,1-3H3. The molecule has 2 fully saturated rings. The normalized spacial score (nSPS) is 25.9. The first kappa shape index (κ1) is 21.2. The number of sulfone groups is 1. The van der Waals surface area contributed by atoms with Gasteiger partial charge in [0.1, 0.15) is 11.4 Å². The molecule has 1 aromatic heterocycles. The van der Waals surface area contributed by atoms with Crippen molar-refractivity contribution in [3.63, 3.8) is 0 Å². The Morgan fingerprint density at radius 3 is 2.62 bits per heavy atom. The highest BCUT2D eigenvalue weighted by Crippen LogP contribution is 2.58. The van der Waals surface area contributed by atoms with E-state index in [1.807, 2.05) is 13.8 Å². The lowest BCUT2D eigenvalue weighted by Gasteiger charge is -2.22. The first-order chi connectivity index (χ1) is 14.7. The van der Waals surface area contributed by atoms with E-state index in [1.54, 1.807) is 0 Å². The third-order valence-corrected chi connectivity index (χ3v) is 7.43. The summed E-state index contributed by atoms with van der Waals surface area (Å²) in [5.41, 5.74) is -0.608. The Labute approximate surface area is 181 Å². The number of likely N-dealkylation sites (tertiary alicyclic amines) is 1. The highest BCUT2D eigenvalue weighted by Gasteiger charge is 2.65. The van der Waals surface area contributed by atoms with Crippen molar-refractivity contribution >= 4 is 15.7 Å². The molecule has 2 aliphatic heterocycles. The molecule has 12 heteroatoms. The molecule has 1 aromatic carbocycles. The number of hydrogen-bond acceptors (Lipinski definition) is 7. The van der Waals surface area contributed by atoms with Crippen LogP contribution in [0.3, 0.4) is 0 Å². The van der Waals surface area contributed by atoms with Crippen LogP contribution in [0.25, 0.3) is 0 Å². The molecule has 172 valence electrons. The van der Waals surface area contributed by atoms with Crippen molar-refractivity contribution in [3.8, 4) is 5.75 Å². The van der Waals surface area contributed by atoms with E-state index in [2.05, 4.69) is 14.7 Å². The van der Waals surface area contributed by atoms with E-state index >= 15 is 0 Å². The van der Waals surface area contributed by atoms with Crippen molar-refractivity contribution in [1.82, 2.24) is 15.0 Å². The summed E-state index contributed by atoms with van der Waals surface area (Å²) in [6.45, 7) is 4.11. The van der Waals surface area contributed by atoms with Crippen molar-refractivity contribution in [3.05, 3.63) is 35.0 Å². The minimum atomic E-state index is -4.74. The second-order valence-corrected chi connectivity index (χ2v) is 11.4. The van der Waals surface area contributed by atoms with Crippen molar-refractivity contribution in [2.24, 2.45) is 5.92 Å². The number of piperidine rings is 1. The van der Waals surface area contributed by atoms with Crippen LogP contribution in [0.2, 0.25) is 0 Å². The van der Waals surface area contributed by atoms with Crippen molar-refractivity contribution in [2.45, 2.75) is 48.8 Å². The fourth-order valence-electron chi connectivity index (χ4n) is 4.75. The van der Waals surface area contributed by atoms with Crippen LogP contribution in [0.1, 0.15) is 47.9 Å². The highest BCUT2D eigenvalue weighted by molar-refractivity contribution is 7.90. The number of nitrogens with zero attached hydrogens (tertiary/aromatic N) is 3. The Morgan fingerprint density at radius 2 is 2.00 bits per heavy atom. The third kappa shape index (κ3) is 3.26. The quantitative estimate of drug-likeness (QED) is 0.678. The summed E-state index contributed by atoms with van der Waals surface area (Å²) in [6, 6.07) is 2.84. The number of ether oxygens (including phenoxy) is 1. The lowest BCUT2D eigenvalue weighted by atomic mass is 10.00. The zero-order chi connectivity index (χ0) is 23.3. The Balaban J connectivity index is 1.47. The second-order valence-electron chi connectivity index (χ2n) is 9.43. The van der Waals surface area contributed by atoms with Crippen LogP contribution in [-0.4, -0.2) is 54.3 Å². The Hall–Kier alpha value is -2.63. The molecule has 5 rings (SSSR count). The van der Waals surface area contributed by atoms with Crippen LogP contribution in [0, 0.1) is 5.92 Å². The van der Waals surface area contributed by atoms with Crippen LogP contribution < -0.4 is 4.74 Å². The van der Waals surface area contributed by atoms with Crippen LogP contribution >= 0.6 is 0 Å². The fraction of sp³-hybridized carbons (Fsp3) is 0.550. The van der Waals surface area contributed by atoms with Gasteiger partial charge >= 0.3 is 12.1 Å². The molecule has 1 aliphatic carbocycles. The molecule has 1 saturated carbocycles. The van der Waals surface area contributed by atoms with E-state index in [4.69, 9.17) is 4.74 Å². The smallest absolute Gasteiger partial charge is 0.471 e. The predicted octanol–water partition coefficient (Wildman–Crippen LogP) is 2.62. The Morgan fingerprint density at radius 1 is 1.28 bits per heavy atom. The molecule has 1 saturated heterocycles. The first-order valence-electron chi connectivity index (χ1n) is 9.96. The van der Waals surface area contributed by atoms with Gasteiger partial charge in [-0.1, -0.05) is 5.16 Å². The zero-order valence-electron chi connectivity index (χ0n) is 17.5. The molecule has 1 amide bonds. The molecule has 3 heterocycles. The average Bonchev–Trinajstić information content (AvgIpc) is 3.06. The Kier molecular flexibility index (Phi) is 4.14. The van der Waals surface area contributed by atoms with Crippen LogP contribution in [0.15, 0.2) is 21.6 Å². The zero-order valence-corrected chi connectivity index (χ0v) is 18.3.